The molecule has 3 heteroatoms. The predicted octanol–water partition coefficient (Wildman–Crippen LogP) is 4.37. The molecule has 3 nitrogen and oxygen atoms in total. The van der Waals surface area contributed by atoms with Gasteiger partial charge in [0, 0.05) is 23.8 Å². The predicted molar refractivity (Wildman–Crippen MR) is 91.0 cm³/mol. The van der Waals surface area contributed by atoms with E-state index in [1.165, 1.54) is 0 Å². The van der Waals surface area contributed by atoms with Crippen LogP contribution in [-0.4, -0.2) is 18.5 Å². The molecule has 0 aromatic heterocycles. The minimum Gasteiger partial charge on any atom is -0.385 e. The minimum absolute atomic E-state index is 0.0331. The molecule has 0 fully saturated rings. The van der Waals surface area contributed by atoms with E-state index in [0.717, 1.165) is 42.6 Å². The van der Waals surface area contributed by atoms with Gasteiger partial charge in [-0.25, -0.2) is 0 Å². The minimum atomic E-state index is 0.0331. The average molecular weight is 290 g/mol. The number of carbonyl (C=O) groups excluding carboxylic acids is 1. The van der Waals surface area contributed by atoms with Crippen molar-refractivity contribution in [2.75, 3.05) is 11.9 Å². The lowest BCUT2D eigenvalue weighted by atomic mass is 10.0. The third-order valence-electron chi connectivity index (χ3n) is 3.60. The zero-order chi connectivity index (χ0) is 15.8. The second-order valence-electron chi connectivity index (χ2n) is 6.30. The molecule has 1 unspecified atom stereocenters. The largest absolute Gasteiger partial charge is 0.385 e. The Morgan fingerprint density at radius 2 is 1.90 bits per heavy atom. The van der Waals surface area contributed by atoms with Gasteiger partial charge in [0.2, 0.25) is 0 Å². The van der Waals surface area contributed by atoms with Crippen LogP contribution in [0.3, 0.4) is 0 Å². The standard InChI is InChI=1S/C18H30N2O/c1-6-11-19-16-9-10-17(14(4)12-16)18(21)20-15(5)8-7-13(2)3/h9-10,12-13,15,19H,6-8,11H2,1-5H3,(H,20,21). The summed E-state index contributed by atoms with van der Waals surface area (Å²) in [6.45, 7) is 11.6. The van der Waals surface area contributed by atoms with Gasteiger partial charge in [-0.3, -0.25) is 4.79 Å². The lowest BCUT2D eigenvalue weighted by Crippen LogP contribution is -2.33. The Morgan fingerprint density at radius 1 is 1.19 bits per heavy atom. The van der Waals surface area contributed by atoms with Crippen LogP contribution < -0.4 is 10.6 Å². The molecule has 0 saturated heterocycles. The van der Waals surface area contributed by atoms with E-state index >= 15 is 0 Å². The first-order chi connectivity index (χ1) is 9.93. The normalized spacial score (nSPS) is 12.3. The fraction of sp³-hybridized carbons (Fsp3) is 0.611. The first kappa shape index (κ1) is 17.5. The van der Waals surface area contributed by atoms with E-state index in [1.54, 1.807) is 0 Å². The number of anilines is 1. The SMILES string of the molecule is CCCNc1ccc(C(=O)NC(C)CCC(C)C)c(C)c1. The van der Waals surface area contributed by atoms with Crippen molar-refractivity contribution in [2.24, 2.45) is 5.92 Å². The third kappa shape index (κ3) is 6.19. The van der Waals surface area contributed by atoms with Crippen LogP contribution >= 0.6 is 0 Å². The summed E-state index contributed by atoms with van der Waals surface area (Å²) in [5.74, 6) is 0.709. The van der Waals surface area contributed by atoms with Gasteiger partial charge in [0.15, 0.2) is 0 Å². The molecular weight excluding hydrogens is 260 g/mol. The Kier molecular flexibility index (Phi) is 7.27. The van der Waals surface area contributed by atoms with Gasteiger partial charge < -0.3 is 10.6 Å². The van der Waals surface area contributed by atoms with Crippen LogP contribution in [0.4, 0.5) is 5.69 Å². The van der Waals surface area contributed by atoms with Gasteiger partial charge in [0.1, 0.15) is 0 Å². The van der Waals surface area contributed by atoms with Crippen molar-refractivity contribution in [3.8, 4) is 0 Å². The van der Waals surface area contributed by atoms with Crippen molar-refractivity contribution in [1.82, 2.24) is 5.32 Å². The summed E-state index contributed by atoms with van der Waals surface area (Å²) in [6.07, 6.45) is 3.26. The monoisotopic (exact) mass is 290 g/mol. The van der Waals surface area contributed by atoms with Crippen LogP contribution in [-0.2, 0) is 0 Å². The van der Waals surface area contributed by atoms with Crippen LogP contribution in [0.1, 0.15) is 62.9 Å². The summed E-state index contributed by atoms with van der Waals surface area (Å²) in [5.41, 5.74) is 2.87. The number of hydrogen-bond donors (Lipinski definition) is 2. The Balaban J connectivity index is 2.61. The highest BCUT2D eigenvalue weighted by molar-refractivity contribution is 5.96. The lowest BCUT2D eigenvalue weighted by Gasteiger charge is -2.16. The highest BCUT2D eigenvalue weighted by Crippen LogP contribution is 2.16. The number of aryl methyl sites for hydroxylation is 1. The second kappa shape index (κ2) is 8.71. The zero-order valence-corrected chi connectivity index (χ0v) is 14.1. The van der Waals surface area contributed by atoms with Gasteiger partial charge in [-0.05, 0) is 62.8 Å². The summed E-state index contributed by atoms with van der Waals surface area (Å²) >= 11 is 0. The fourth-order valence-corrected chi connectivity index (χ4v) is 2.25. The number of benzene rings is 1. The molecule has 1 atom stereocenters. The van der Waals surface area contributed by atoms with Gasteiger partial charge in [-0.15, -0.1) is 0 Å². The number of nitrogens with one attached hydrogen (secondary N) is 2. The first-order valence-electron chi connectivity index (χ1n) is 8.09. The van der Waals surface area contributed by atoms with E-state index in [2.05, 4.69) is 38.3 Å². The maximum absolute atomic E-state index is 12.3. The number of rotatable bonds is 8. The molecule has 0 aliphatic rings. The van der Waals surface area contributed by atoms with Crippen molar-refractivity contribution < 1.29 is 4.79 Å². The Morgan fingerprint density at radius 3 is 2.48 bits per heavy atom. The molecule has 0 bridgehead atoms. The smallest absolute Gasteiger partial charge is 0.251 e. The molecule has 0 heterocycles. The summed E-state index contributed by atoms with van der Waals surface area (Å²) in [5, 5.41) is 6.44. The van der Waals surface area contributed by atoms with Crippen LogP contribution in [0, 0.1) is 12.8 Å². The zero-order valence-electron chi connectivity index (χ0n) is 14.1. The van der Waals surface area contributed by atoms with Gasteiger partial charge in [-0.2, -0.15) is 0 Å². The summed E-state index contributed by atoms with van der Waals surface area (Å²) in [7, 11) is 0. The van der Waals surface area contributed by atoms with Crippen molar-refractivity contribution in [1.29, 1.82) is 0 Å². The molecule has 21 heavy (non-hydrogen) atoms. The summed E-state index contributed by atoms with van der Waals surface area (Å²) in [6, 6.07) is 6.16. The van der Waals surface area contributed by atoms with E-state index in [0.29, 0.717) is 5.92 Å². The van der Waals surface area contributed by atoms with Crippen molar-refractivity contribution in [3.05, 3.63) is 29.3 Å². The molecule has 0 aliphatic heterocycles. The van der Waals surface area contributed by atoms with E-state index in [-0.39, 0.29) is 11.9 Å². The Labute approximate surface area is 129 Å². The molecule has 0 aliphatic carbocycles. The lowest BCUT2D eigenvalue weighted by molar-refractivity contribution is 0.0936. The van der Waals surface area contributed by atoms with Gasteiger partial charge in [0.05, 0.1) is 0 Å². The molecule has 1 aromatic rings. The van der Waals surface area contributed by atoms with Gasteiger partial charge in [0.25, 0.3) is 5.91 Å². The molecule has 1 aromatic carbocycles. The average Bonchev–Trinajstić information content (AvgIpc) is 2.42. The van der Waals surface area contributed by atoms with Crippen LogP contribution in [0.25, 0.3) is 0 Å². The summed E-state index contributed by atoms with van der Waals surface area (Å²) in [4.78, 5) is 12.3. The third-order valence-corrected chi connectivity index (χ3v) is 3.60. The number of amides is 1. The Bertz CT molecular complexity index is 455. The Hall–Kier alpha value is -1.51. The highest BCUT2D eigenvalue weighted by Gasteiger charge is 2.12. The summed E-state index contributed by atoms with van der Waals surface area (Å²) < 4.78 is 0. The van der Waals surface area contributed by atoms with Crippen LogP contribution in [0.15, 0.2) is 18.2 Å². The fourth-order valence-electron chi connectivity index (χ4n) is 2.25. The molecule has 0 radical (unpaired) electrons. The maximum atomic E-state index is 12.3. The number of carbonyl (C=O) groups is 1. The molecule has 0 saturated carbocycles. The topological polar surface area (TPSA) is 41.1 Å². The quantitative estimate of drug-likeness (QED) is 0.746. The van der Waals surface area contributed by atoms with Crippen molar-refractivity contribution >= 4 is 11.6 Å². The molecule has 1 amide bonds. The van der Waals surface area contributed by atoms with Crippen molar-refractivity contribution in [2.45, 2.75) is 59.9 Å². The van der Waals surface area contributed by atoms with E-state index in [1.807, 2.05) is 25.1 Å². The highest BCUT2D eigenvalue weighted by atomic mass is 16.1. The van der Waals surface area contributed by atoms with Crippen LogP contribution in [0.2, 0.25) is 0 Å². The van der Waals surface area contributed by atoms with E-state index in [9.17, 15) is 4.79 Å². The maximum Gasteiger partial charge on any atom is 0.251 e. The first-order valence-corrected chi connectivity index (χ1v) is 8.09. The van der Waals surface area contributed by atoms with E-state index < -0.39 is 0 Å². The molecule has 118 valence electrons. The van der Waals surface area contributed by atoms with Gasteiger partial charge in [-0.1, -0.05) is 20.8 Å². The number of hydrogen-bond acceptors (Lipinski definition) is 2. The van der Waals surface area contributed by atoms with E-state index in [4.69, 9.17) is 0 Å². The van der Waals surface area contributed by atoms with Gasteiger partial charge >= 0.3 is 0 Å². The van der Waals surface area contributed by atoms with Crippen LogP contribution in [0.5, 0.6) is 0 Å². The molecule has 1 rings (SSSR count). The molecule has 0 spiro atoms. The second-order valence-corrected chi connectivity index (χ2v) is 6.30. The molecular formula is C18H30N2O. The molecule has 2 N–H and O–H groups in total. The van der Waals surface area contributed by atoms with Crippen molar-refractivity contribution in [3.63, 3.8) is 0 Å².